The van der Waals surface area contributed by atoms with Crippen molar-refractivity contribution in [2.24, 2.45) is 0 Å². The lowest BCUT2D eigenvalue weighted by atomic mass is 10.1. The molecule has 0 unspecified atom stereocenters. The van der Waals surface area contributed by atoms with Gasteiger partial charge in [-0.15, -0.1) is 0 Å². The lowest BCUT2D eigenvalue weighted by molar-refractivity contribution is 0.171. The predicted octanol–water partition coefficient (Wildman–Crippen LogP) is 1.85. The molecule has 0 aliphatic carbocycles. The van der Waals surface area contributed by atoms with E-state index < -0.39 is 0 Å². The highest BCUT2D eigenvalue weighted by Gasteiger charge is 2.10. The first kappa shape index (κ1) is 10.1. The van der Waals surface area contributed by atoms with Crippen molar-refractivity contribution < 1.29 is 14.6 Å². The molecule has 0 atom stereocenters. The SMILES string of the molecule is OCCC=Cc1ccc2c(c1)OCCO2. The van der Waals surface area contributed by atoms with Gasteiger partial charge in [0.2, 0.25) is 0 Å². The highest BCUT2D eigenvalue weighted by Crippen LogP contribution is 2.31. The minimum absolute atomic E-state index is 0.182. The van der Waals surface area contributed by atoms with E-state index in [9.17, 15) is 0 Å². The van der Waals surface area contributed by atoms with Crippen molar-refractivity contribution in [2.75, 3.05) is 19.8 Å². The molecule has 0 bridgehead atoms. The van der Waals surface area contributed by atoms with Crippen LogP contribution in [0, 0.1) is 0 Å². The van der Waals surface area contributed by atoms with Gasteiger partial charge in [0, 0.05) is 6.61 Å². The fourth-order valence-corrected chi connectivity index (χ4v) is 1.46. The van der Waals surface area contributed by atoms with Crippen LogP contribution in [0.5, 0.6) is 11.5 Å². The van der Waals surface area contributed by atoms with Crippen LogP contribution in [0.3, 0.4) is 0 Å². The number of hydrogen-bond donors (Lipinski definition) is 1. The molecular formula is C12H14O3. The van der Waals surface area contributed by atoms with Gasteiger partial charge in [-0.1, -0.05) is 18.2 Å². The first-order valence-corrected chi connectivity index (χ1v) is 5.07. The van der Waals surface area contributed by atoms with Gasteiger partial charge in [0.05, 0.1) is 0 Å². The Bertz CT molecular complexity index is 358. The van der Waals surface area contributed by atoms with E-state index in [0.717, 1.165) is 17.1 Å². The van der Waals surface area contributed by atoms with E-state index in [1.807, 2.05) is 30.4 Å². The second-order valence-electron chi connectivity index (χ2n) is 3.32. The average Bonchev–Trinajstić information content (AvgIpc) is 2.29. The summed E-state index contributed by atoms with van der Waals surface area (Å²) in [4.78, 5) is 0. The monoisotopic (exact) mass is 206 g/mol. The molecule has 1 aromatic rings. The highest BCUT2D eigenvalue weighted by atomic mass is 16.6. The van der Waals surface area contributed by atoms with Crippen molar-refractivity contribution in [3.8, 4) is 11.5 Å². The summed E-state index contributed by atoms with van der Waals surface area (Å²) in [6.07, 6.45) is 4.58. The molecule has 3 nitrogen and oxygen atoms in total. The summed E-state index contributed by atoms with van der Waals surface area (Å²) in [6.45, 7) is 1.41. The van der Waals surface area contributed by atoms with Crippen molar-refractivity contribution in [1.82, 2.24) is 0 Å². The van der Waals surface area contributed by atoms with Crippen molar-refractivity contribution in [1.29, 1.82) is 0 Å². The molecule has 0 aromatic heterocycles. The van der Waals surface area contributed by atoms with Crippen LogP contribution in [0.1, 0.15) is 12.0 Å². The van der Waals surface area contributed by atoms with E-state index in [1.54, 1.807) is 0 Å². The highest BCUT2D eigenvalue weighted by molar-refractivity contribution is 5.56. The summed E-state index contributed by atoms with van der Waals surface area (Å²) in [5.74, 6) is 1.60. The molecule has 2 rings (SSSR count). The van der Waals surface area contributed by atoms with Gasteiger partial charge < -0.3 is 14.6 Å². The van der Waals surface area contributed by atoms with E-state index in [2.05, 4.69) is 0 Å². The third kappa shape index (κ3) is 2.50. The minimum Gasteiger partial charge on any atom is -0.486 e. The van der Waals surface area contributed by atoms with Crippen LogP contribution in [0.25, 0.3) is 6.08 Å². The second kappa shape index (κ2) is 4.84. The Morgan fingerprint density at radius 1 is 1.20 bits per heavy atom. The molecule has 0 radical (unpaired) electrons. The molecule has 1 aliphatic rings. The molecule has 0 fully saturated rings. The zero-order valence-electron chi connectivity index (χ0n) is 8.48. The van der Waals surface area contributed by atoms with Crippen LogP contribution >= 0.6 is 0 Å². The Kier molecular flexibility index (Phi) is 3.25. The third-order valence-corrected chi connectivity index (χ3v) is 2.17. The average molecular weight is 206 g/mol. The number of benzene rings is 1. The van der Waals surface area contributed by atoms with E-state index in [4.69, 9.17) is 14.6 Å². The molecule has 1 aromatic carbocycles. The Hall–Kier alpha value is -1.48. The molecule has 1 N–H and O–H groups in total. The van der Waals surface area contributed by atoms with Crippen molar-refractivity contribution in [2.45, 2.75) is 6.42 Å². The number of ether oxygens (including phenoxy) is 2. The third-order valence-electron chi connectivity index (χ3n) is 2.17. The summed E-state index contributed by atoms with van der Waals surface area (Å²) < 4.78 is 10.9. The fourth-order valence-electron chi connectivity index (χ4n) is 1.46. The lowest BCUT2D eigenvalue weighted by Crippen LogP contribution is -2.15. The van der Waals surface area contributed by atoms with Gasteiger partial charge in [-0.2, -0.15) is 0 Å². The molecule has 80 valence electrons. The van der Waals surface area contributed by atoms with Gasteiger partial charge >= 0.3 is 0 Å². The van der Waals surface area contributed by atoms with Crippen LogP contribution < -0.4 is 9.47 Å². The summed E-state index contributed by atoms with van der Waals surface area (Å²) >= 11 is 0. The van der Waals surface area contributed by atoms with Crippen LogP contribution in [-0.2, 0) is 0 Å². The molecule has 0 saturated heterocycles. The van der Waals surface area contributed by atoms with Gasteiger partial charge in [-0.05, 0) is 24.1 Å². The molecule has 0 amide bonds. The largest absolute Gasteiger partial charge is 0.486 e. The standard InChI is InChI=1S/C12H14O3/c13-6-2-1-3-10-4-5-11-12(9-10)15-8-7-14-11/h1,3-5,9,13H,2,6-8H2. The van der Waals surface area contributed by atoms with Crippen LogP contribution in [0.4, 0.5) is 0 Å². The second-order valence-corrected chi connectivity index (χ2v) is 3.32. The topological polar surface area (TPSA) is 38.7 Å². The van der Waals surface area contributed by atoms with Crippen LogP contribution in [-0.4, -0.2) is 24.9 Å². The first-order valence-electron chi connectivity index (χ1n) is 5.07. The van der Waals surface area contributed by atoms with E-state index in [-0.39, 0.29) is 6.61 Å². The smallest absolute Gasteiger partial charge is 0.161 e. The zero-order chi connectivity index (χ0) is 10.5. The lowest BCUT2D eigenvalue weighted by Gasteiger charge is -2.18. The Balaban J connectivity index is 2.13. The zero-order valence-corrected chi connectivity index (χ0v) is 8.48. The predicted molar refractivity (Wildman–Crippen MR) is 58.2 cm³/mol. The van der Waals surface area contributed by atoms with Crippen molar-refractivity contribution in [3.63, 3.8) is 0 Å². The van der Waals surface area contributed by atoms with Gasteiger partial charge in [0.25, 0.3) is 0 Å². The van der Waals surface area contributed by atoms with Gasteiger partial charge in [0.1, 0.15) is 13.2 Å². The molecule has 15 heavy (non-hydrogen) atoms. The summed E-state index contributed by atoms with van der Waals surface area (Å²) in [6, 6.07) is 5.83. The number of fused-ring (bicyclic) bond motifs is 1. The molecule has 3 heteroatoms. The molecule has 0 saturated carbocycles. The fraction of sp³-hybridized carbons (Fsp3) is 0.333. The maximum Gasteiger partial charge on any atom is 0.161 e. The van der Waals surface area contributed by atoms with Crippen molar-refractivity contribution >= 4 is 6.08 Å². The van der Waals surface area contributed by atoms with Crippen LogP contribution in [0.15, 0.2) is 24.3 Å². The normalized spacial score (nSPS) is 14.5. The quantitative estimate of drug-likeness (QED) is 0.820. The minimum atomic E-state index is 0.182. The van der Waals surface area contributed by atoms with E-state index in [0.29, 0.717) is 19.6 Å². The maximum absolute atomic E-state index is 8.64. The van der Waals surface area contributed by atoms with E-state index in [1.165, 1.54) is 0 Å². The Morgan fingerprint density at radius 2 is 2.00 bits per heavy atom. The molecule has 1 aliphatic heterocycles. The van der Waals surface area contributed by atoms with Gasteiger partial charge in [0.15, 0.2) is 11.5 Å². The summed E-state index contributed by atoms with van der Waals surface area (Å²) in [5.41, 5.74) is 1.06. The Labute approximate surface area is 88.9 Å². The number of hydrogen-bond acceptors (Lipinski definition) is 3. The maximum atomic E-state index is 8.64. The van der Waals surface area contributed by atoms with Crippen LogP contribution in [0.2, 0.25) is 0 Å². The number of rotatable bonds is 3. The Morgan fingerprint density at radius 3 is 2.80 bits per heavy atom. The van der Waals surface area contributed by atoms with Crippen molar-refractivity contribution in [3.05, 3.63) is 29.8 Å². The number of aliphatic hydroxyl groups is 1. The number of aliphatic hydroxyl groups excluding tert-OH is 1. The van der Waals surface area contributed by atoms with Gasteiger partial charge in [-0.25, -0.2) is 0 Å². The summed E-state index contributed by atoms with van der Waals surface area (Å²) in [7, 11) is 0. The first-order chi connectivity index (χ1) is 7.40. The summed E-state index contributed by atoms with van der Waals surface area (Å²) in [5, 5.41) is 8.64. The molecular weight excluding hydrogens is 192 g/mol. The van der Waals surface area contributed by atoms with Gasteiger partial charge in [-0.3, -0.25) is 0 Å². The van der Waals surface area contributed by atoms with E-state index >= 15 is 0 Å². The molecule has 1 heterocycles. The molecule has 0 spiro atoms.